The molecule has 3 aromatic carbocycles. The molecule has 0 bridgehead atoms. The van der Waals surface area contributed by atoms with Gasteiger partial charge < -0.3 is 10.2 Å². The van der Waals surface area contributed by atoms with Crippen LogP contribution in [-0.2, 0) is 26.2 Å². The molecule has 2 amide bonds. The standard InChI is InChI=1S/C30H36BrN3O4S/c1-21-12-10-17-27(22(21)2)34(39(37,38)26-15-8-7-9-16-26)20-28(35)33(19-24-13-11-14-25(31)18-24)23(3)29(36)32-30(4,5)6/h7-18,23H,19-20H2,1-6H3,(H,32,36). The van der Waals surface area contributed by atoms with Crippen molar-refractivity contribution in [3.05, 3.63) is 94.0 Å². The first kappa shape index (κ1) is 30.4. The number of aryl methyl sites for hydroxylation is 1. The van der Waals surface area contributed by atoms with E-state index in [1.807, 2.05) is 65.0 Å². The van der Waals surface area contributed by atoms with Gasteiger partial charge in [0.1, 0.15) is 12.6 Å². The van der Waals surface area contributed by atoms with Crippen molar-refractivity contribution in [2.24, 2.45) is 0 Å². The van der Waals surface area contributed by atoms with Gasteiger partial charge in [-0.25, -0.2) is 8.42 Å². The number of nitrogens with one attached hydrogen (secondary N) is 1. The van der Waals surface area contributed by atoms with E-state index in [9.17, 15) is 18.0 Å². The Hall–Kier alpha value is -3.17. The predicted molar refractivity (Wildman–Crippen MR) is 159 cm³/mol. The van der Waals surface area contributed by atoms with Crippen LogP contribution in [0.1, 0.15) is 44.4 Å². The van der Waals surface area contributed by atoms with Gasteiger partial charge in [0.25, 0.3) is 10.0 Å². The number of nitrogens with zero attached hydrogens (tertiary/aromatic N) is 2. The van der Waals surface area contributed by atoms with E-state index >= 15 is 0 Å². The molecule has 1 unspecified atom stereocenters. The van der Waals surface area contributed by atoms with Crippen molar-refractivity contribution in [1.29, 1.82) is 0 Å². The molecule has 208 valence electrons. The highest BCUT2D eigenvalue weighted by molar-refractivity contribution is 9.10. The Kier molecular flexibility index (Phi) is 9.61. The number of benzene rings is 3. The fourth-order valence-electron chi connectivity index (χ4n) is 4.13. The van der Waals surface area contributed by atoms with Crippen molar-refractivity contribution < 1.29 is 18.0 Å². The zero-order chi connectivity index (χ0) is 29.0. The van der Waals surface area contributed by atoms with Gasteiger partial charge in [0.15, 0.2) is 0 Å². The lowest BCUT2D eigenvalue weighted by molar-refractivity contribution is -0.140. The second kappa shape index (κ2) is 12.3. The van der Waals surface area contributed by atoms with Gasteiger partial charge in [-0.1, -0.05) is 58.4 Å². The minimum atomic E-state index is -4.10. The zero-order valence-electron chi connectivity index (χ0n) is 23.2. The fraction of sp³-hybridized carbons (Fsp3) is 0.333. The normalized spacial score (nSPS) is 12.5. The summed E-state index contributed by atoms with van der Waals surface area (Å²) in [6.07, 6.45) is 0. The summed E-state index contributed by atoms with van der Waals surface area (Å²) in [7, 11) is -4.10. The van der Waals surface area contributed by atoms with Crippen LogP contribution in [0, 0.1) is 13.8 Å². The lowest BCUT2D eigenvalue weighted by atomic mass is 10.1. The average molecular weight is 615 g/mol. The molecule has 39 heavy (non-hydrogen) atoms. The molecule has 0 saturated heterocycles. The highest BCUT2D eigenvalue weighted by atomic mass is 79.9. The molecule has 9 heteroatoms. The Morgan fingerprint density at radius 1 is 0.949 bits per heavy atom. The summed E-state index contributed by atoms with van der Waals surface area (Å²) in [5.74, 6) is -0.818. The number of amides is 2. The van der Waals surface area contributed by atoms with Crippen LogP contribution in [0.3, 0.4) is 0 Å². The molecule has 7 nitrogen and oxygen atoms in total. The van der Waals surface area contributed by atoms with E-state index in [1.54, 1.807) is 37.3 Å². The number of halogens is 1. The van der Waals surface area contributed by atoms with Crippen LogP contribution in [0.4, 0.5) is 5.69 Å². The first-order chi connectivity index (χ1) is 18.2. The van der Waals surface area contributed by atoms with E-state index in [0.717, 1.165) is 25.5 Å². The van der Waals surface area contributed by atoms with E-state index in [4.69, 9.17) is 0 Å². The largest absolute Gasteiger partial charge is 0.350 e. The SMILES string of the molecule is Cc1cccc(N(CC(=O)N(Cc2cccc(Br)c2)C(C)C(=O)NC(C)(C)C)S(=O)(=O)c2ccccc2)c1C. The second-order valence-corrected chi connectivity index (χ2v) is 13.4. The molecular formula is C30H36BrN3O4S. The number of hydrogen-bond donors (Lipinski definition) is 1. The van der Waals surface area contributed by atoms with Gasteiger partial charge >= 0.3 is 0 Å². The molecule has 0 fully saturated rings. The van der Waals surface area contributed by atoms with Crippen LogP contribution in [-0.4, -0.2) is 43.3 Å². The molecule has 0 aliphatic rings. The van der Waals surface area contributed by atoms with Crippen LogP contribution in [0.2, 0.25) is 0 Å². The predicted octanol–water partition coefficient (Wildman–Crippen LogP) is 5.59. The van der Waals surface area contributed by atoms with Crippen molar-refractivity contribution >= 4 is 43.5 Å². The number of anilines is 1. The zero-order valence-corrected chi connectivity index (χ0v) is 25.6. The fourth-order valence-corrected chi connectivity index (χ4v) is 6.07. The molecule has 0 aromatic heterocycles. The van der Waals surface area contributed by atoms with E-state index in [2.05, 4.69) is 21.2 Å². The summed E-state index contributed by atoms with van der Waals surface area (Å²) in [5, 5.41) is 2.94. The van der Waals surface area contributed by atoms with Gasteiger partial charge in [-0.2, -0.15) is 0 Å². The lowest BCUT2D eigenvalue weighted by Crippen LogP contribution is -2.54. The highest BCUT2D eigenvalue weighted by Gasteiger charge is 2.34. The Morgan fingerprint density at radius 2 is 1.59 bits per heavy atom. The molecular weight excluding hydrogens is 578 g/mol. The quantitative estimate of drug-likeness (QED) is 0.341. The Bertz CT molecular complexity index is 1440. The van der Waals surface area contributed by atoms with Crippen molar-refractivity contribution in [3.8, 4) is 0 Å². The van der Waals surface area contributed by atoms with Crippen LogP contribution in [0.25, 0.3) is 0 Å². The summed E-state index contributed by atoms with van der Waals surface area (Å²) in [6.45, 7) is 10.6. The molecule has 0 saturated carbocycles. The Morgan fingerprint density at radius 3 is 2.21 bits per heavy atom. The maximum Gasteiger partial charge on any atom is 0.264 e. The van der Waals surface area contributed by atoms with Crippen molar-refractivity contribution in [3.63, 3.8) is 0 Å². The summed E-state index contributed by atoms with van der Waals surface area (Å²) in [6, 6.07) is 20.0. The summed E-state index contributed by atoms with van der Waals surface area (Å²) in [4.78, 5) is 28.7. The summed E-state index contributed by atoms with van der Waals surface area (Å²) < 4.78 is 29.8. The number of hydrogen-bond acceptors (Lipinski definition) is 4. The molecule has 0 spiro atoms. The number of carbonyl (C=O) groups excluding carboxylic acids is 2. The van der Waals surface area contributed by atoms with Crippen molar-refractivity contribution in [2.45, 2.75) is 64.6 Å². The molecule has 1 atom stereocenters. The minimum absolute atomic E-state index is 0.0794. The monoisotopic (exact) mass is 613 g/mol. The number of rotatable bonds is 9. The third kappa shape index (κ3) is 7.70. The van der Waals surface area contributed by atoms with Crippen LogP contribution in [0.5, 0.6) is 0 Å². The topological polar surface area (TPSA) is 86.8 Å². The highest BCUT2D eigenvalue weighted by Crippen LogP contribution is 2.29. The van der Waals surface area contributed by atoms with Gasteiger partial charge in [0.2, 0.25) is 11.8 Å². The Labute approximate surface area is 240 Å². The third-order valence-electron chi connectivity index (χ3n) is 6.36. The summed E-state index contributed by atoms with van der Waals surface area (Å²) in [5.41, 5.74) is 2.37. The van der Waals surface area contributed by atoms with Crippen LogP contribution >= 0.6 is 15.9 Å². The van der Waals surface area contributed by atoms with E-state index in [-0.39, 0.29) is 17.3 Å². The first-order valence-electron chi connectivity index (χ1n) is 12.7. The first-order valence-corrected chi connectivity index (χ1v) is 14.9. The molecule has 0 radical (unpaired) electrons. The summed E-state index contributed by atoms with van der Waals surface area (Å²) >= 11 is 3.46. The van der Waals surface area contributed by atoms with Gasteiger partial charge in [-0.15, -0.1) is 0 Å². The number of carbonyl (C=O) groups is 2. The smallest absolute Gasteiger partial charge is 0.264 e. The molecule has 0 aliphatic carbocycles. The molecule has 3 aromatic rings. The average Bonchev–Trinajstić information content (AvgIpc) is 2.86. The Balaban J connectivity index is 2.07. The van der Waals surface area contributed by atoms with Crippen molar-refractivity contribution in [2.75, 3.05) is 10.8 Å². The molecule has 0 aliphatic heterocycles. The molecule has 0 heterocycles. The van der Waals surface area contributed by atoms with E-state index < -0.39 is 34.1 Å². The number of sulfonamides is 1. The maximum atomic E-state index is 14.0. The second-order valence-electron chi connectivity index (χ2n) is 10.6. The van der Waals surface area contributed by atoms with E-state index in [0.29, 0.717) is 5.69 Å². The molecule has 1 N–H and O–H groups in total. The maximum absolute atomic E-state index is 14.0. The minimum Gasteiger partial charge on any atom is -0.350 e. The van der Waals surface area contributed by atoms with Crippen LogP contribution in [0.15, 0.2) is 82.2 Å². The van der Waals surface area contributed by atoms with Gasteiger partial charge in [0.05, 0.1) is 10.6 Å². The van der Waals surface area contributed by atoms with Gasteiger partial charge in [-0.05, 0) is 88.6 Å². The van der Waals surface area contributed by atoms with Gasteiger partial charge in [-0.3, -0.25) is 13.9 Å². The lowest BCUT2D eigenvalue weighted by Gasteiger charge is -2.34. The van der Waals surface area contributed by atoms with Gasteiger partial charge in [0, 0.05) is 16.6 Å². The van der Waals surface area contributed by atoms with Crippen molar-refractivity contribution in [1.82, 2.24) is 10.2 Å². The van der Waals surface area contributed by atoms with E-state index in [1.165, 1.54) is 17.0 Å². The van der Waals surface area contributed by atoms with Crippen LogP contribution < -0.4 is 9.62 Å². The third-order valence-corrected chi connectivity index (χ3v) is 8.63. The molecule has 3 rings (SSSR count).